The number of hydrogen-bond donors (Lipinski definition) is 1. The molecule has 0 saturated carbocycles. The van der Waals surface area contributed by atoms with Crippen molar-refractivity contribution in [3.63, 3.8) is 0 Å². The molecule has 1 N–H and O–H groups in total. The van der Waals surface area contributed by atoms with Crippen molar-refractivity contribution in [1.82, 2.24) is 10.2 Å². The lowest BCUT2D eigenvalue weighted by Crippen LogP contribution is -2.63. The molecule has 4 heteroatoms. The summed E-state index contributed by atoms with van der Waals surface area (Å²) in [5.74, 6) is -0.0607. The van der Waals surface area contributed by atoms with Crippen LogP contribution in [0.2, 0.25) is 0 Å². The third-order valence-corrected chi connectivity index (χ3v) is 3.59. The zero-order chi connectivity index (χ0) is 14.6. The van der Waals surface area contributed by atoms with Gasteiger partial charge in [0.2, 0.25) is 11.8 Å². The zero-order valence-corrected chi connectivity index (χ0v) is 12.2. The highest BCUT2D eigenvalue weighted by Gasteiger charge is 2.38. The Bertz CT molecular complexity index is 483. The first-order valence-corrected chi connectivity index (χ1v) is 7.13. The molecular formula is C16H22N2O2. The number of benzene rings is 1. The summed E-state index contributed by atoms with van der Waals surface area (Å²) < 4.78 is 0. The quantitative estimate of drug-likeness (QED) is 0.832. The van der Waals surface area contributed by atoms with E-state index in [1.807, 2.05) is 18.2 Å². The minimum absolute atomic E-state index is 0.0109. The molecular weight excluding hydrogens is 252 g/mol. The van der Waals surface area contributed by atoms with E-state index in [9.17, 15) is 9.59 Å². The topological polar surface area (TPSA) is 49.4 Å². The Hall–Kier alpha value is -1.84. The molecule has 108 valence electrons. The van der Waals surface area contributed by atoms with Gasteiger partial charge in [0.05, 0.1) is 6.54 Å². The van der Waals surface area contributed by atoms with Gasteiger partial charge >= 0.3 is 0 Å². The first-order chi connectivity index (χ1) is 9.49. The van der Waals surface area contributed by atoms with Crippen molar-refractivity contribution in [2.45, 2.75) is 38.6 Å². The number of carbonyl (C=O) groups excluding carboxylic acids is 2. The Morgan fingerprint density at radius 3 is 2.55 bits per heavy atom. The van der Waals surface area contributed by atoms with E-state index in [0.717, 1.165) is 19.3 Å². The van der Waals surface area contributed by atoms with Gasteiger partial charge in [-0.05, 0) is 38.7 Å². The van der Waals surface area contributed by atoms with Crippen LogP contribution in [-0.2, 0) is 16.0 Å². The van der Waals surface area contributed by atoms with E-state index < -0.39 is 5.54 Å². The van der Waals surface area contributed by atoms with Crippen LogP contribution in [0, 0.1) is 0 Å². The Balaban J connectivity index is 1.79. The van der Waals surface area contributed by atoms with Gasteiger partial charge < -0.3 is 10.2 Å². The predicted octanol–water partition coefficient (Wildman–Crippen LogP) is 1.75. The Kier molecular flexibility index (Phi) is 4.42. The molecule has 1 saturated heterocycles. The van der Waals surface area contributed by atoms with Crippen LogP contribution in [0.15, 0.2) is 30.3 Å². The van der Waals surface area contributed by atoms with Crippen molar-refractivity contribution < 1.29 is 9.59 Å². The van der Waals surface area contributed by atoms with Crippen LogP contribution < -0.4 is 5.32 Å². The average Bonchev–Trinajstić information content (AvgIpc) is 2.40. The summed E-state index contributed by atoms with van der Waals surface area (Å²) in [5, 5.41) is 2.72. The molecule has 0 atom stereocenters. The second-order valence-electron chi connectivity index (χ2n) is 5.84. The fraction of sp³-hybridized carbons (Fsp3) is 0.500. The molecule has 0 aromatic heterocycles. The summed E-state index contributed by atoms with van der Waals surface area (Å²) in [6.45, 7) is 4.35. The fourth-order valence-corrected chi connectivity index (χ4v) is 2.54. The van der Waals surface area contributed by atoms with Crippen molar-refractivity contribution in [1.29, 1.82) is 0 Å². The van der Waals surface area contributed by atoms with Gasteiger partial charge in [-0.3, -0.25) is 9.59 Å². The molecule has 1 aromatic rings. The zero-order valence-electron chi connectivity index (χ0n) is 12.2. The molecule has 0 radical (unpaired) electrons. The Morgan fingerprint density at radius 1 is 1.15 bits per heavy atom. The molecule has 1 aliphatic rings. The number of piperazine rings is 1. The fourth-order valence-electron chi connectivity index (χ4n) is 2.54. The SMILES string of the molecule is CC1(C)NC(=O)CN(CCCCc2ccccc2)C1=O. The van der Waals surface area contributed by atoms with Crippen molar-refractivity contribution in [3.8, 4) is 0 Å². The van der Waals surface area contributed by atoms with Gasteiger partial charge in [-0.15, -0.1) is 0 Å². The van der Waals surface area contributed by atoms with E-state index in [1.54, 1.807) is 18.7 Å². The van der Waals surface area contributed by atoms with Gasteiger partial charge in [-0.2, -0.15) is 0 Å². The van der Waals surface area contributed by atoms with E-state index >= 15 is 0 Å². The lowest BCUT2D eigenvalue weighted by Gasteiger charge is -2.37. The highest BCUT2D eigenvalue weighted by atomic mass is 16.2. The lowest BCUT2D eigenvalue weighted by molar-refractivity contribution is -0.148. The number of rotatable bonds is 5. The van der Waals surface area contributed by atoms with Crippen LogP contribution in [0.4, 0.5) is 0 Å². The maximum absolute atomic E-state index is 12.2. The number of carbonyl (C=O) groups is 2. The summed E-state index contributed by atoms with van der Waals surface area (Å²) in [6, 6.07) is 10.3. The second-order valence-corrected chi connectivity index (χ2v) is 5.84. The van der Waals surface area contributed by atoms with Crippen LogP contribution in [0.1, 0.15) is 32.3 Å². The maximum Gasteiger partial charge on any atom is 0.248 e. The molecule has 0 unspecified atom stereocenters. The van der Waals surface area contributed by atoms with Gasteiger partial charge in [0.15, 0.2) is 0 Å². The molecule has 2 rings (SSSR count). The summed E-state index contributed by atoms with van der Waals surface area (Å²) in [7, 11) is 0. The number of amides is 2. The van der Waals surface area contributed by atoms with Crippen LogP contribution in [0.3, 0.4) is 0 Å². The molecule has 0 spiro atoms. The van der Waals surface area contributed by atoms with Crippen molar-refractivity contribution in [2.24, 2.45) is 0 Å². The highest BCUT2D eigenvalue weighted by Crippen LogP contribution is 2.14. The number of hydrogen-bond acceptors (Lipinski definition) is 2. The molecule has 2 amide bonds. The van der Waals surface area contributed by atoms with Gasteiger partial charge in [0.1, 0.15) is 5.54 Å². The standard InChI is InChI=1S/C16H22N2O2/c1-16(2)15(20)18(12-14(19)17-16)11-7-6-10-13-8-4-3-5-9-13/h3-5,8-9H,6-7,10-12H2,1-2H3,(H,17,19). The summed E-state index contributed by atoms with van der Waals surface area (Å²) >= 11 is 0. The third-order valence-electron chi connectivity index (χ3n) is 3.59. The van der Waals surface area contributed by atoms with E-state index in [2.05, 4.69) is 17.4 Å². The maximum atomic E-state index is 12.2. The van der Waals surface area contributed by atoms with Gasteiger partial charge in [0, 0.05) is 6.54 Å². The number of nitrogens with zero attached hydrogens (tertiary/aromatic N) is 1. The van der Waals surface area contributed by atoms with E-state index in [4.69, 9.17) is 0 Å². The Morgan fingerprint density at radius 2 is 1.85 bits per heavy atom. The predicted molar refractivity (Wildman–Crippen MR) is 78.2 cm³/mol. The van der Waals surface area contributed by atoms with Crippen LogP contribution in [0.5, 0.6) is 0 Å². The summed E-state index contributed by atoms with van der Waals surface area (Å²) in [6.07, 6.45) is 2.96. The smallest absolute Gasteiger partial charge is 0.248 e. The number of nitrogens with one attached hydrogen (secondary N) is 1. The normalized spacial score (nSPS) is 18.0. The summed E-state index contributed by atoms with van der Waals surface area (Å²) in [4.78, 5) is 25.4. The molecule has 1 heterocycles. The molecule has 1 aromatic carbocycles. The number of aryl methyl sites for hydroxylation is 1. The Labute approximate surface area is 120 Å². The van der Waals surface area contributed by atoms with Gasteiger partial charge in [-0.1, -0.05) is 30.3 Å². The molecule has 4 nitrogen and oxygen atoms in total. The van der Waals surface area contributed by atoms with Crippen LogP contribution in [0.25, 0.3) is 0 Å². The highest BCUT2D eigenvalue weighted by molar-refractivity contribution is 5.97. The second kappa shape index (κ2) is 6.07. The average molecular weight is 274 g/mol. The largest absolute Gasteiger partial charge is 0.341 e. The first-order valence-electron chi connectivity index (χ1n) is 7.13. The minimum atomic E-state index is -0.769. The number of unbranched alkanes of at least 4 members (excludes halogenated alkanes) is 1. The first kappa shape index (κ1) is 14.6. The van der Waals surface area contributed by atoms with Crippen LogP contribution in [-0.4, -0.2) is 35.3 Å². The van der Waals surface area contributed by atoms with Crippen LogP contribution >= 0.6 is 0 Å². The summed E-state index contributed by atoms with van der Waals surface area (Å²) in [5.41, 5.74) is 0.546. The molecule has 1 fully saturated rings. The van der Waals surface area contributed by atoms with E-state index in [1.165, 1.54) is 5.56 Å². The van der Waals surface area contributed by atoms with Crippen molar-refractivity contribution >= 4 is 11.8 Å². The van der Waals surface area contributed by atoms with E-state index in [0.29, 0.717) is 6.54 Å². The van der Waals surface area contributed by atoms with E-state index in [-0.39, 0.29) is 18.4 Å². The lowest BCUT2D eigenvalue weighted by atomic mass is 10.00. The molecule has 0 aliphatic carbocycles. The molecule has 0 bridgehead atoms. The third kappa shape index (κ3) is 3.59. The molecule has 20 heavy (non-hydrogen) atoms. The van der Waals surface area contributed by atoms with Crippen molar-refractivity contribution in [2.75, 3.05) is 13.1 Å². The van der Waals surface area contributed by atoms with Gasteiger partial charge in [-0.25, -0.2) is 0 Å². The molecule has 1 aliphatic heterocycles. The van der Waals surface area contributed by atoms with Crippen molar-refractivity contribution in [3.05, 3.63) is 35.9 Å². The van der Waals surface area contributed by atoms with Gasteiger partial charge in [0.25, 0.3) is 0 Å². The monoisotopic (exact) mass is 274 g/mol. The minimum Gasteiger partial charge on any atom is -0.341 e.